The minimum Gasteiger partial charge on any atom is -0.488 e. The number of benzene rings is 2. The molecule has 2 aliphatic rings. The molecule has 1 aliphatic heterocycles. The number of aliphatic hydroxyl groups excluding tert-OH is 5. The van der Waals surface area contributed by atoms with Crippen molar-refractivity contribution in [2.75, 3.05) is 6.61 Å². The molecule has 174 valence electrons. The molecule has 7 atom stereocenters. The first-order valence-corrected chi connectivity index (χ1v) is 11.3. The minimum absolute atomic E-state index is 0.162. The molecule has 1 heterocycles. The van der Waals surface area contributed by atoms with Crippen LogP contribution in [0.3, 0.4) is 0 Å². The van der Waals surface area contributed by atoms with Gasteiger partial charge in [-0.2, -0.15) is 0 Å². The number of aliphatic hydroxyl groups is 5. The van der Waals surface area contributed by atoms with Gasteiger partial charge in [0.15, 0.2) is 0 Å². The first kappa shape index (κ1) is 23.4. The zero-order valence-corrected chi connectivity index (χ0v) is 18.3. The van der Waals surface area contributed by atoms with E-state index in [0.29, 0.717) is 22.8 Å². The second-order valence-corrected chi connectivity index (χ2v) is 8.98. The van der Waals surface area contributed by atoms with Gasteiger partial charge in [-0.25, -0.2) is 0 Å². The van der Waals surface area contributed by atoms with Gasteiger partial charge >= 0.3 is 0 Å². The lowest BCUT2D eigenvalue weighted by Gasteiger charge is -2.40. The van der Waals surface area contributed by atoms with Crippen molar-refractivity contribution in [1.82, 2.24) is 0 Å². The van der Waals surface area contributed by atoms with Crippen molar-refractivity contribution < 1.29 is 35.0 Å². The first-order valence-electron chi connectivity index (χ1n) is 10.9. The molecule has 8 heteroatoms. The summed E-state index contributed by atoms with van der Waals surface area (Å²) < 4.78 is 11.5. The number of ether oxygens (including phenoxy) is 2. The third-order valence-corrected chi connectivity index (χ3v) is 6.68. The molecule has 0 unspecified atom stereocenters. The number of halogens is 1. The molecule has 0 amide bonds. The van der Waals surface area contributed by atoms with Crippen LogP contribution in [0.25, 0.3) is 0 Å². The van der Waals surface area contributed by atoms with Crippen LogP contribution in [0.15, 0.2) is 42.5 Å². The second-order valence-electron chi connectivity index (χ2n) is 8.58. The van der Waals surface area contributed by atoms with Crippen LogP contribution in [-0.2, 0) is 11.2 Å². The molecule has 1 saturated carbocycles. The van der Waals surface area contributed by atoms with E-state index in [1.807, 2.05) is 24.3 Å². The van der Waals surface area contributed by atoms with E-state index in [0.717, 1.165) is 30.4 Å². The molecule has 4 rings (SSSR count). The van der Waals surface area contributed by atoms with E-state index in [1.165, 1.54) is 0 Å². The molecule has 32 heavy (non-hydrogen) atoms. The van der Waals surface area contributed by atoms with E-state index in [1.54, 1.807) is 18.2 Å². The Bertz CT molecular complexity index is 904. The molecule has 5 N–H and O–H groups in total. The van der Waals surface area contributed by atoms with Gasteiger partial charge in [0.2, 0.25) is 0 Å². The first-order chi connectivity index (χ1) is 15.4. The molecule has 7 nitrogen and oxygen atoms in total. The molecular formula is C24H29ClO7. The van der Waals surface area contributed by atoms with Gasteiger partial charge in [0, 0.05) is 5.02 Å². The Morgan fingerprint density at radius 3 is 2.34 bits per heavy atom. The van der Waals surface area contributed by atoms with Crippen molar-refractivity contribution in [1.29, 1.82) is 0 Å². The van der Waals surface area contributed by atoms with E-state index >= 15 is 0 Å². The smallest absolute Gasteiger partial charge is 0.124 e. The summed E-state index contributed by atoms with van der Waals surface area (Å²) in [6.45, 7) is -0.478. The third kappa shape index (κ3) is 4.94. The number of hydrogen-bond acceptors (Lipinski definition) is 7. The van der Waals surface area contributed by atoms with Crippen LogP contribution in [0.1, 0.15) is 42.1 Å². The topological polar surface area (TPSA) is 120 Å². The average Bonchev–Trinajstić information content (AvgIpc) is 3.19. The van der Waals surface area contributed by atoms with Gasteiger partial charge in [0.05, 0.1) is 12.7 Å². The highest BCUT2D eigenvalue weighted by Crippen LogP contribution is 2.34. The van der Waals surface area contributed by atoms with Crippen molar-refractivity contribution in [3.05, 3.63) is 64.2 Å². The van der Waals surface area contributed by atoms with Crippen LogP contribution < -0.4 is 4.74 Å². The molecule has 0 spiro atoms. The molecule has 0 bridgehead atoms. The van der Waals surface area contributed by atoms with Gasteiger partial charge in [-0.05, 0) is 60.6 Å². The Balaban J connectivity index is 1.48. The molecule has 2 aromatic rings. The SMILES string of the molecule is OC[C@H]1O[C@@H](c2ccc(Cl)c(Cc3ccc(O[C@H]4CCC[C@@H]4O)cc3)c2)[C@H](O)[C@@H](O)[C@@H]1O. The third-order valence-electron chi connectivity index (χ3n) is 6.31. The van der Waals surface area contributed by atoms with Gasteiger partial charge in [-0.3, -0.25) is 0 Å². The lowest BCUT2D eigenvalue weighted by molar-refractivity contribution is -0.231. The molecular weight excluding hydrogens is 436 g/mol. The fourth-order valence-corrected chi connectivity index (χ4v) is 4.59. The fourth-order valence-electron chi connectivity index (χ4n) is 4.41. The van der Waals surface area contributed by atoms with Gasteiger partial charge in [-0.15, -0.1) is 0 Å². The van der Waals surface area contributed by atoms with Crippen LogP contribution in [0.4, 0.5) is 0 Å². The van der Waals surface area contributed by atoms with Crippen LogP contribution in [-0.4, -0.2) is 68.8 Å². The molecule has 2 fully saturated rings. The lowest BCUT2D eigenvalue weighted by Crippen LogP contribution is -2.55. The molecule has 0 radical (unpaired) electrons. The van der Waals surface area contributed by atoms with Crippen molar-refractivity contribution in [3.8, 4) is 5.75 Å². The summed E-state index contributed by atoms with van der Waals surface area (Å²) in [5.74, 6) is 0.709. The minimum atomic E-state index is -1.43. The van der Waals surface area contributed by atoms with E-state index in [9.17, 15) is 25.5 Å². The van der Waals surface area contributed by atoms with Crippen LogP contribution in [0.2, 0.25) is 5.02 Å². The Kier molecular flexibility index (Phi) is 7.37. The van der Waals surface area contributed by atoms with E-state index < -0.39 is 43.2 Å². The maximum atomic E-state index is 10.4. The van der Waals surface area contributed by atoms with Crippen molar-refractivity contribution >= 4 is 11.6 Å². The summed E-state index contributed by atoms with van der Waals surface area (Å²) in [4.78, 5) is 0. The Morgan fingerprint density at radius 1 is 0.938 bits per heavy atom. The highest BCUT2D eigenvalue weighted by atomic mass is 35.5. The predicted molar refractivity (Wildman–Crippen MR) is 118 cm³/mol. The maximum absolute atomic E-state index is 10.4. The zero-order valence-electron chi connectivity index (χ0n) is 17.5. The molecule has 0 aromatic heterocycles. The monoisotopic (exact) mass is 464 g/mol. The van der Waals surface area contributed by atoms with Gasteiger partial charge in [0.1, 0.15) is 42.4 Å². The lowest BCUT2D eigenvalue weighted by atomic mass is 9.90. The normalized spacial score (nSPS) is 32.8. The van der Waals surface area contributed by atoms with Crippen molar-refractivity contribution in [2.45, 2.75) is 68.4 Å². The van der Waals surface area contributed by atoms with Gasteiger partial charge < -0.3 is 35.0 Å². The quantitative estimate of drug-likeness (QED) is 0.441. The van der Waals surface area contributed by atoms with Crippen LogP contribution in [0, 0.1) is 0 Å². The fraction of sp³-hybridized carbons (Fsp3) is 0.500. The summed E-state index contributed by atoms with van der Waals surface area (Å²) in [6, 6.07) is 12.8. The van der Waals surface area contributed by atoms with Crippen LogP contribution >= 0.6 is 11.6 Å². The van der Waals surface area contributed by atoms with Gasteiger partial charge in [-0.1, -0.05) is 35.9 Å². The molecule has 1 aliphatic carbocycles. The number of rotatable bonds is 6. The molecule has 1 saturated heterocycles. The van der Waals surface area contributed by atoms with Crippen molar-refractivity contribution in [2.24, 2.45) is 0 Å². The predicted octanol–water partition coefficient (Wildman–Crippen LogP) is 1.74. The van der Waals surface area contributed by atoms with E-state index in [2.05, 4.69) is 0 Å². The Morgan fingerprint density at radius 2 is 1.69 bits per heavy atom. The zero-order chi connectivity index (χ0) is 22.8. The summed E-state index contributed by atoms with van der Waals surface area (Å²) in [5, 5.41) is 50.4. The van der Waals surface area contributed by atoms with Gasteiger partial charge in [0.25, 0.3) is 0 Å². The number of hydrogen-bond donors (Lipinski definition) is 5. The summed E-state index contributed by atoms with van der Waals surface area (Å²) in [6.07, 6.45) is -3.52. The standard InChI is InChI=1S/C24H29ClO7/c25-17-9-6-14(24-23(30)22(29)21(28)20(12-26)32-24)11-15(17)10-13-4-7-16(8-5-13)31-19-3-1-2-18(19)27/h4-9,11,18-24,26-30H,1-3,10,12H2/t18-,19-,20+,21+,22-,23+,24-/m0/s1. The van der Waals surface area contributed by atoms with Crippen LogP contribution in [0.5, 0.6) is 5.75 Å². The average molecular weight is 465 g/mol. The Labute approximate surface area is 191 Å². The summed E-state index contributed by atoms with van der Waals surface area (Å²) >= 11 is 6.40. The van der Waals surface area contributed by atoms with E-state index in [-0.39, 0.29) is 6.10 Å². The Hall–Kier alpha value is -1.71. The highest BCUT2D eigenvalue weighted by molar-refractivity contribution is 6.31. The largest absolute Gasteiger partial charge is 0.488 e. The molecule has 2 aromatic carbocycles. The van der Waals surface area contributed by atoms with Crippen molar-refractivity contribution in [3.63, 3.8) is 0 Å². The van der Waals surface area contributed by atoms with E-state index in [4.69, 9.17) is 21.1 Å². The highest BCUT2D eigenvalue weighted by Gasteiger charge is 2.44. The second kappa shape index (κ2) is 10.1. The summed E-state index contributed by atoms with van der Waals surface area (Å²) in [5.41, 5.74) is 2.40. The summed E-state index contributed by atoms with van der Waals surface area (Å²) in [7, 11) is 0. The maximum Gasteiger partial charge on any atom is 0.124 e.